The fraction of sp³-hybridized carbons (Fsp3) is 0.318. The minimum atomic E-state index is 0.310. The highest BCUT2D eigenvalue weighted by Crippen LogP contribution is 2.18. The van der Waals surface area contributed by atoms with E-state index in [0.29, 0.717) is 12.2 Å². The number of benzene rings is 2. The highest BCUT2D eigenvalue weighted by atomic mass is 16.5. The molecule has 1 aliphatic heterocycles. The molecule has 2 atom stereocenters. The average molecular weight is 347 g/mol. The molecule has 0 spiro atoms. The second-order valence-electron chi connectivity index (χ2n) is 7.18. The van der Waals surface area contributed by atoms with Crippen molar-refractivity contribution in [3.8, 4) is 0 Å². The summed E-state index contributed by atoms with van der Waals surface area (Å²) in [5, 5.41) is 8.61. The molecule has 3 aromatic rings. The van der Waals surface area contributed by atoms with Crippen LogP contribution in [0.2, 0.25) is 0 Å². The Morgan fingerprint density at radius 2 is 1.77 bits per heavy atom. The largest absolute Gasteiger partial charge is 0.373 e. The summed E-state index contributed by atoms with van der Waals surface area (Å²) in [4.78, 5) is 2.47. The van der Waals surface area contributed by atoms with E-state index in [4.69, 9.17) is 4.74 Å². The number of aromatic amines is 1. The zero-order chi connectivity index (χ0) is 17.9. The van der Waals surface area contributed by atoms with Crippen LogP contribution in [-0.2, 0) is 11.3 Å². The molecule has 1 aliphatic rings. The van der Waals surface area contributed by atoms with Crippen LogP contribution in [0.5, 0.6) is 0 Å². The van der Waals surface area contributed by atoms with Crippen molar-refractivity contribution in [1.82, 2.24) is 15.1 Å². The maximum atomic E-state index is 5.81. The van der Waals surface area contributed by atoms with Crippen LogP contribution in [0.25, 0.3) is 23.1 Å². The number of morpholine rings is 1. The molecular formula is C22H25N3O. The van der Waals surface area contributed by atoms with E-state index in [1.54, 1.807) is 0 Å². The third-order valence-corrected chi connectivity index (χ3v) is 4.81. The van der Waals surface area contributed by atoms with Gasteiger partial charge in [0.1, 0.15) is 0 Å². The Morgan fingerprint density at radius 1 is 1.04 bits per heavy atom. The minimum Gasteiger partial charge on any atom is -0.373 e. The molecule has 134 valence electrons. The summed E-state index contributed by atoms with van der Waals surface area (Å²) >= 11 is 0. The van der Waals surface area contributed by atoms with Crippen molar-refractivity contribution in [2.24, 2.45) is 0 Å². The number of para-hydroxylation sites is 1. The van der Waals surface area contributed by atoms with Gasteiger partial charge in [-0.05, 0) is 37.1 Å². The Labute approximate surface area is 154 Å². The minimum absolute atomic E-state index is 0.310. The summed E-state index contributed by atoms with van der Waals surface area (Å²) in [6.07, 6.45) is 4.80. The summed E-state index contributed by atoms with van der Waals surface area (Å²) in [6, 6.07) is 17.0. The highest BCUT2D eigenvalue weighted by molar-refractivity contribution is 5.89. The van der Waals surface area contributed by atoms with E-state index in [2.05, 4.69) is 71.4 Å². The van der Waals surface area contributed by atoms with Crippen molar-refractivity contribution in [3.63, 3.8) is 0 Å². The van der Waals surface area contributed by atoms with Crippen molar-refractivity contribution >= 4 is 23.1 Å². The van der Waals surface area contributed by atoms with E-state index < -0.39 is 0 Å². The number of nitrogens with zero attached hydrogens (tertiary/aromatic N) is 2. The molecule has 0 amide bonds. The average Bonchev–Trinajstić information content (AvgIpc) is 3.03. The van der Waals surface area contributed by atoms with Crippen LogP contribution in [0, 0.1) is 0 Å². The topological polar surface area (TPSA) is 41.2 Å². The SMILES string of the molecule is C[C@@H]1CN(Cc2ccc(/C=C/c3n[nH]c4ccccc34)cc2)C[C@H](C)O1. The van der Waals surface area contributed by atoms with Crippen LogP contribution in [0.15, 0.2) is 48.5 Å². The van der Waals surface area contributed by atoms with Crippen molar-refractivity contribution in [2.45, 2.75) is 32.6 Å². The predicted molar refractivity (Wildman–Crippen MR) is 107 cm³/mol. The normalized spacial score (nSPS) is 21.6. The van der Waals surface area contributed by atoms with Crippen LogP contribution >= 0.6 is 0 Å². The van der Waals surface area contributed by atoms with Gasteiger partial charge in [-0.2, -0.15) is 5.10 Å². The quantitative estimate of drug-likeness (QED) is 0.763. The fourth-order valence-corrected chi connectivity index (χ4v) is 3.69. The first-order chi connectivity index (χ1) is 12.7. The molecule has 0 bridgehead atoms. The summed E-state index contributed by atoms with van der Waals surface area (Å²) in [5.74, 6) is 0. The number of rotatable bonds is 4. The van der Waals surface area contributed by atoms with E-state index in [0.717, 1.165) is 36.2 Å². The van der Waals surface area contributed by atoms with E-state index in [9.17, 15) is 0 Å². The van der Waals surface area contributed by atoms with E-state index in [-0.39, 0.29) is 0 Å². The molecule has 1 saturated heterocycles. The zero-order valence-corrected chi connectivity index (χ0v) is 15.4. The zero-order valence-electron chi connectivity index (χ0n) is 15.4. The Morgan fingerprint density at radius 3 is 2.54 bits per heavy atom. The summed E-state index contributed by atoms with van der Waals surface area (Å²) in [6.45, 7) is 7.27. The van der Waals surface area contributed by atoms with E-state index in [1.807, 2.05) is 18.2 Å². The Hall–Kier alpha value is -2.43. The summed E-state index contributed by atoms with van der Waals surface area (Å²) in [5.41, 5.74) is 4.57. The van der Waals surface area contributed by atoms with Crippen LogP contribution in [0.4, 0.5) is 0 Å². The molecular weight excluding hydrogens is 322 g/mol. The monoisotopic (exact) mass is 347 g/mol. The fourth-order valence-electron chi connectivity index (χ4n) is 3.69. The van der Waals surface area contributed by atoms with Crippen molar-refractivity contribution < 1.29 is 4.74 Å². The molecule has 4 heteroatoms. The first-order valence-electron chi connectivity index (χ1n) is 9.25. The lowest BCUT2D eigenvalue weighted by Crippen LogP contribution is -2.44. The first-order valence-corrected chi connectivity index (χ1v) is 9.25. The molecule has 0 unspecified atom stereocenters. The first kappa shape index (κ1) is 17.0. The van der Waals surface area contributed by atoms with Gasteiger partial charge in [-0.15, -0.1) is 0 Å². The molecule has 1 N–H and O–H groups in total. The van der Waals surface area contributed by atoms with Crippen LogP contribution < -0.4 is 0 Å². The Bertz CT molecular complexity index is 887. The van der Waals surface area contributed by atoms with Gasteiger partial charge in [0.15, 0.2) is 0 Å². The maximum absolute atomic E-state index is 5.81. The second kappa shape index (κ2) is 7.44. The third-order valence-electron chi connectivity index (χ3n) is 4.81. The maximum Gasteiger partial charge on any atom is 0.0927 e. The van der Waals surface area contributed by atoms with Crippen LogP contribution in [0.3, 0.4) is 0 Å². The standard InChI is InChI=1S/C22H25N3O/c1-16-13-25(14-17(2)26-16)15-19-9-7-18(8-10-19)11-12-22-20-5-3-4-6-21(20)23-24-22/h3-12,16-17H,13-15H2,1-2H3,(H,23,24)/b12-11+/t16-,17+. The molecule has 4 nitrogen and oxygen atoms in total. The van der Waals surface area contributed by atoms with Crippen molar-refractivity contribution in [3.05, 3.63) is 65.4 Å². The second-order valence-corrected chi connectivity index (χ2v) is 7.18. The van der Waals surface area contributed by atoms with Gasteiger partial charge < -0.3 is 4.74 Å². The highest BCUT2D eigenvalue weighted by Gasteiger charge is 2.21. The van der Waals surface area contributed by atoms with Crippen LogP contribution in [0.1, 0.15) is 30.7 Å². The van der Waals surface area contributed by atoms with E-state index >= 15 is 0 Å². The van der Waals surface area contributed by atoms with Gasteiger partial charge in [-0.3, -0.25) is 10.00 Å². The molecule has 2 aromatic carbocycles. The van der Waals surface area contributed by atoms with Gasteiger partial charge in [-0.25, -0.2) is 0 Å². The number of aromatic nitrogens is 2. The number of fused-ring (bicyclic) bond motifs is 1. The molecule has 0 radical (unpaired) electrons. The predicted octanol–water partition coefficient (Wildman–Crippen LogP) is 4.34. The van der Waals surface area contributed by atoms with Gasteiger partial charge in [0.05, 0.1) is 23.4 Å². The van der Waals surface area contributed by atoms with Crippen molar-refractivity contribution in [2.75, 3.05) is 13.1 Å². The lowest BCUT2D eigenvalue weighted by atomic mass is 10.1. The van der Waals surface area contributed by atoms with Gasteiger partial charge in [0.2, 0.25) is 0 Å². The smallest absolute Gasteiger partial charge is 0.0927 e. The molecule has 2 heterocycles. The van der Waals surface area contributed by atoms with E-state index in [1.165, 1.54) is 11.1 Å². The number of H-pyrrole nitrogens is 1. The van der Waals surface area contributed by atoms with Gasteiger partial charge >= 0.3 is 0 Å². The molecule has 1 fully saturated rings. The van der Waals surface area contributed by atoms with Crippen LogP contribution in [-0.4, -0.2) is 40.4 Å². The number of ether oxygens (including phenoxy) is 1. The van der Waals surface area contributed by atoms with Gasteiger partial charge in [0, 0.05) is 25.0 Å². The molecule has 26 heavy (non-hydrogen) atoms. The lowest BCUT2D eigenvalue weighted by Gasteiger charge is -2.35. The Balaban J connectivity index is 1.43. The summed E-state index contributed by atoms with van der Waals surface area (Å²) < 4.78 is 5.81. The summed E-state index contributed by atoms with van der Waals surface area (Å²) in [7, 11) is 0. The lowest BCUT2D eigenvalue weighted by molar-refractivity contribution is -0.0704. The van der Waals surface area contributed by atoms with Gasteiger partial charge in [-0.1, -0.05) is 48.5 Å². The molecule has 0 aliphatic carbocycles. The number of hydrogen-bond acceptors (Lipinski definition) is 3. The molecule has 1 aromatic heterocycles. The van der Waals surface area contributed by atoms with Gasteiger partial charge in [0.25, 0.3) is 0 Å². The third kappa shape index (κ3) is 3.87. The Kier molecular flexibility index (Phi) is 4.87. The molecule has 4 rings (SSSR count). The van der Waals surface area contributed by atoms with Crippen molar-refractivity contribution in [1.29, 1.82) is 0 Å². The number of hydrogen-bond donors (Lipinski definition) is 1. The molecule has 0 saturated carbocycles. The number of nitrogens with one attached hydrogen (secondary N) is 1.